The van der Waals surface area contributed by atoms with Gasteiger partial charge in [0, 0.05) is 28.5 Å². The number of rotatable bonds is 3. The number of hydrogen-bond donors (Lipinski definition) is 0. The summed E-state index contributed by atoms with van der Waals surface area (Å²) in [7, 11) is 0. The van der Waals surface area contributed by atoms with Gasteiger partial charge in [-0.25, -0.2) is 0 Å². The third kappa shape index (κ3) is 1.99. The van der Waals surface area contributed by atoms with Crippen molar-refractivity contribution >= 4 is 22.5 Å². The summed E-state index contributed by atoms with van der Waals surface area (Å²) in [6, 6.07) is 7.84. The topological polar surface area (TPSA) is 43.9 Å². The molecule has 0 aliphatic carbocycles. The van der Waals surface area contributed by atoms with Crippen LogP contribution in [0.15, 0.2) is 35.0 Å². The summed E-state index contributed by atoms with van der Waals surface area (Å²) in [4.78, 5) is 4.30. The summed E-state index contributed by atoms with van der Waals surface area (Å²) in [5, 5.41) is 5.74. The molecule has 1 aromatic carbocycles. The zero-order valence-electron chi connectivity index (χ0n) is 9.93. The van der Waals surface area contributed by atoms with Gasteiger partial charge < -0.3 is 9.09 Å². The summed E-state index contributed by atoms with van der Waals surface area (Å²) in [6.45, 7) is 2.58. The second-order valence-electron chi connectivity index (χ2n) is 4.10. The van der Waals surface area contributed by atoms with E-state index < -0.39 is 0 Å². The Bertz CT molecular complexity index is 686. The molecule has 0 fully saturated rings. The van der Waals surface area contributed by atoms with Gasteiger partial charge in [0.15, 0.2) is 5.82 Å². The zero-order chi connectivity index (χ0) is 12.5. The van der Waals surface area contributed by atoms with Gasteiger partial charge >= 0.3 is 0 Å². The highest BCUT2D eigenvalue weighted by Crippen LogP contribution is 2.21. The number of aryl methyl sites for hydroxylation is 1. The third-order valence-electron chi connectivity index (χ3n) is 2.87. The van der Waals surface area contributed by atoms with Gasteiger partial charge in [-0.2, -0.15) is 4.98 Å². The predicted octanol–water partition coefficient (Wildman–Crippen LogP) is 3.29. The lowest BCUT2D eigenvalue weighted by Crippen LogP contribution is -1.98. The van der Waals surface area contributed by atoms with Crippen LogP contribution in [0, 0.1) is 0 Å². The van der Waals surface area contributed by atoms with Crippen molar-refractivity contribution in [3.05, 3.63) is 47.2 Å². The van der Waals surface area contributed by atoms with Gasteiger partial charge in [-0.3, -0.25) is 0 Å². The van der Waals surface area contributed by atoms with Crippen molar-refractivity contribution in [1.29, 1.82) is 0 Å². The average Bonchev–Trinajstić information content (AvgIpc) is 2.97. The van der Waals surface area contributed by atoms with Gasteiger partial charge in [-0.1, -0.05) is 23.7 Å². The van der Waals surface area contributed by atoms with Crippen LogP contribution in [0.4, 0.5) is 0 Å². The van der Waals surface area contributed by atoms with Crippen molar-refractivity contribution in [2.75, 3.05) is 0 Å². The van der Waals surface area contributed by atoms with E-state index in [0.717, 1.165) is 28.2 Å². The summed E-state index contributed by atoms with van der Waals surface area (Å²) in [5.74, 6) is 1.36. The molecule has 18 heavy (non-hydrogen) atoms. The Balaban J connectivity index is 1.95. The smallest absolute Gasteiger partial charge is 0.246 e. The van der Waals surface area contributed by atoms with Crippen molar-refractivity contribution in [2.45, 2.75) is 19.9 Å². The molecule has 3 aromatic rings. The van der Waals surface area contributed by atoms with Crippen LogP contribution in [0.25, 0.3) is 10.9 Å². The molecule has 2 heterocycles. The van der Waals surface area contributed by atoms with Crippen LogP contribution in [-0.2, 0) is 13.0 Å². The molecule has 0 aliphatic heterocycles. The first kappa shape index (κ1) is 11.3. The van der Waals surface area contributed by atoms with Crippen LogP contribution in [-0.4, -0.2) is 14.7 Å². The van der Waals surface area contributed by atoms with Crippen molar-refractivity contribution in [3.63, 3.8) is 0 Å². The monoisotopic (exact) mass is 261 g/mol. The molecule has 0 bridgehead atoms. The highest BCUT2D eigenvalue weighted by molar-refractivity contribution is 6.31. The SMILES string of the molecule is CCc1noc(Cn2ccc3cc(Cl)ccc32)n1. The molecule has 0 amide bonds. The maximum Gasteiger partial charge on any atom is 0.246 e. The lowest BCUT2D eigenvalue weighted by molar-refractivity contribution is 0.368. The molecule has 0 N–H and O–H groups in total. The van der Waals surface area contributed by atoms with Crippen molar-refractivity contribution in [3.8, 4) is 0 Å². The van der Waals surface area contributed by atoms with E-state index in [1.54, 1.807) is 0 Å². The Hall–Kier alpha value is -1.81. The van der Waals surface area contributed by atoms with Crippen molar-refractivity contribution < 1.29 is 4.52 Å². The van der Waals surface area contributed by atoms with Gasteiger partial charge in [0.05, 0.1) is 0 Å². The molecule has 3 rings (SSSR count). The summed E-state index contributed by atoms with van der Waals surface area (Å²) in [5.41, 5.74) is 1.11. The van der Waals surface area contributed by atoms with Gasteiger partial charge in [0.2, 0.25) is 5.89 Å². The van der Waals surface area contributed by atoms with E-state index in [1.165, 1.54) is 0 Å². The maximum absolute atomic E-state index is 5.96. The van der Waals surface area contributed by atoms with Gasteiger partial charge in [0.25, 0.3) is 0 Å². The maximum atomic E-state index is 5.96. The fourth-order valence-electron chi connectivity index (χ4n) is 1.95. The van der Waals surface area contributed by atoms with Crippen LogP contribution in [0.1, 0.15) is 18.6 Å². The Morgan fingerprint density at radius 1 is 1.33 bits per heavy atom. The predicted molar refractivity (Wildman–Crippen MR) is 69.7 cm³/mol. The largest absolute Gasteiger partial charge is 0.338 e. The molecule has 92 valence electrons. The Kier molecular flexibility index (Phi) is 2.80. The Labute approximate surface area is 109 Å². The molecule has 0 radical (unpaired) electrons. The first-order chi connectivity index (χ1) is 8.76. The standard InChI is InChI=1S/C13H12ClN3O/c1-2-12-15-13(18-16-12)8-17-6-5-9-7-10(14)3-4-11(9)17/h3-7H,2,8H2,1H3. The highest BCUT2D eigenvalue weighted by Gasteiger charge is 2.07. The molecule has 0 saturated carbocycles. The van der Waals surface area contributed by atoms with Crippen molar-refractivity contribution in [1.82, 2.24) is 14.7 Å². The summed E-state index contributed by atoms with van der Waals surface area (Å²) < 4.78 is 7.26. The van der Waals surface area contributed by atoms with E-state index in [4.69, 9.17) is 16.1 Å². The van der Waals surface area contributed by atoms with E-state index in [-0.39, 0.29) is 0 Å². The number of nitrogens with zero attached hydrogens (tertiary/aromatic N) is 3. The molecule has 2 aromatic heterocycles. The summed E-state index contributed by atoms with van der Waals surface area (Å²) in [6.07, 6.45) is 2.78. The normalized spacial score (nSPS) is 11.2. The number of benzene rings is 1. The van der Waals surface area contributed by atoms with Crippen LogP contribution in [0.3, 0.4) is 0 Å². The number of aromatic nitrogens is 3. The lowest BCUT2D eigenvalue weighted by atomic mass is 10.2. The molecule has 0 spiro atoms. The van der Waals surface area contributed by atoms with E-state index in [2.05, 4.69) is 14.7 Å². The van der Waals surface area contributed by atoms with E-state index in [9.17, 15) is 0 Å². The second-order valence-corrected chi connectivity index (χ2v) is 4.54. The van der Waals surface area contributed by atoms with Crippen LogP contribution in [0.5, 0.6) is 0 Å². The molecule has 0 atom stereocenters. The minimum Gasteiger partial charge on any atom is -0.338 e. The summed E-state index contributed by atoms with van der Waals surface area (Å²) >= 11 is 5.96. The van der Waals surface area contributed by atoms with Crippen LogP contribution >= 0.6 is 11.6 Å². The molecule has 0 unspecified atom stereocenters. The number of hydrogen-bond acceptors (Lipinski definition) is 3. The highest BCUT2D eigenvalue weighted by atomic mass is 35.5. The average molecular weight is 262 g/mol. The lowest BCUT2D eigenvalue weighted by Gasteiger charge is -2.01. The van der Waals surface area contributed by atoms with Crippen molar-refractivity contribution in [2.24, 2.45) is 0 Å². The zero-order valence-corrected chi connectivity index (χ0v) is 10.7. The molecular weight excluding hydrogens is 250 g/mol. The van der Waals surface area contributed by atoms with E-state index in [1.807, 2.05) is 37.4 Å². The molecule has 0 saturated heterocycles. The minimum atomic E-state index is 0.581. The molecule has 5 heteroatoms. The molecular formula is C13H12ClN3O. The van der Waals surface area contributed by atoms with Gasteiger partial charge in [-0.05, 0) is 24.3 Å². The van der Waals surface area contributed by atoms with Crippen LogP contribution < -0.4 is 0 Å². The fraction of sp³-hybridized carbons (Fsp3) is 0.231. The number of fused-ring (bicyclic) bond motifs is 1. The Morgan fingerprint density at radius 3 is 3.00 bits per heavy atom. The van der Waals surface area contributed by atoms with Gasteiger partial charge in [-0.15, -0.1) is 0 Å². The first-order valence-corrected chi connectivity index (χ1v) is 6.20. The number of halogens is 1. The van der Waals surface area contributed by atoms with Crippen LogP contribution in [0.2, 0.25) is 5.02 Å². The Morgan fingerprint density at radius 2 is 2.22 bits per heavy atom. The molecule has 4 nitrogen and oxygen atoms in total. The third-order valence-corrected chi connectivity index (χ3v) is 3.10. The van der Waals surface area contributed by atoms with E-state index >= 15 is 0 Å². The first-order valence-electron chi connectivity index (χ1n) is 5.82. The second kappa shape index (κ2) is 4.46. The quantitative estimate of drug-likeness (QED) is 0.727. The fourth-order valence-corrected chi connectivity index (χ4v) is 2.13. The molecule has 0 aliphatic rings. The van der Waals surface area contributed by atoms with Gasteiger partial charge in [0.1, 0.15) is 6.54 Å². The minimum absolute atomic E-state index is 0.581. The van der Waals surface area contributed by atoms with E-state index in [0.29, 0.717) is 12.4 Å².